The van der Waals surface area contributed by atoms with Crippen LogP contribution in [0, 0.1) is 13.8 Å². The first kappa shape index (κ1) is 28.7. The SMILES string of the molecule is Cc1cc(/C=C2/SC(=O)N(CC(=O)Nc3ccccc3Cl)C2=O)c(C)n1-c1ccc(OCc2ccc(Br)cc2)cc1. The molecule has 1 fully saturated rings. The van der Waals surface area contributed by atoms with E-state index in [2.05, 4.69) is 25.8 Å². The fourth-order valence-corrected chi connectivity index (χ4v) is 5.72. The molecule has 4 aromatic rings. The number of anilines is 1. The van der Waals surface area contributed by atoms with Crippen LogP contribution in [0.25, 0.3) is 11.8 Å². The van der Waals surface area contributed by atoms with Gasteiger partial charge in [-0.3, -0.25) is 19.3 Å². The van der Waals surface area contributed by atoms with Gasteiger partial charge in [0.15, 0.2) is 0 Å². The number of thioether (sulfide) groups is 1. The molecule has 0 unspecified atom stereocenters. The quantitative estimate of drug-likeness (QED) is 0.197. The number of amides is 3. The third-order valence-corrected chi connectivity index (χ3v) is 8.26. The molecule has 0 spiro atoms. The molecule has 0 atom stereocenters. The van der Waals surface area contributed by atoms with Gasteiger partial charge in [-0.05, 0) is 97.4 Å². The van der Waals surface area contributed by atoms with Crippen molar-refractivity contribution in [2.75, 3.05) is 11.9 Å². The van der Waals surface area contributed by atoms with E-state index in [4.69, 9.17) is 16.3 Å². The first-order chi connectivity index (χ1) is 19.7. The fraction of sp³-hybridized carbons (Fsp3) is 0.129. The number of rotatable bonds is 8. The van der Waals surface area contributed by atoms with Crippen LogP contribution in [0.3, 0.4) is 0 Å². The summed E-state index contributed by atoms with van der Waals surface area (Å²) in [6.45, 7) is 4.00. The van der Waals surface area contributed by atoms with Gasteiger partial charge < -0.3 is 14.6 Å². The maximum Gasteiger partial charge on any atom is 0.294 e. The number of ether oxygens (including phenoxy) is 1. The second kappa shape index (κ2) is 12.4. The smallest absolute Gasteiger partial charge is 0.294 e. The van der Waals surface area contributed by atoms with Crippen molar-refractivity contribution in [3.8, 4) is 11.4 Å². The summed E-state index contributed by atoms with van der Waals surface area (Å²) in [4.78, 5) is 39.4. The minimum atomic E-state index is -0.510. The number of nitrogens with zero attached hydrogens (tertiary/aromatic N) is 2. The number of para-hydroxylation sites is 1. The summed E-state index contributed by atoms with van der Waals surface area (Å²) in [7, 11) is 0. The van der Waals surface area contributed by atoms with E-state index in [0.717, 1.165) is 55.1 Å². The highest BCUT2D eigenvalue weighted by molar-refractivity contribution is 9.10. The third kappa shape index (κ3) is 6.59. The van der Waals surface area contributed by atoms with E-state index in [1.165, 1.54) is 0 Å². The molecule has 7 nitrogen and oxygen atoms in total. The van der Waals surface area contributed by atoms with Gasteiger partial charge >= 0.3 is 0 Å². The normalized spacial score (nSPS) is 14.1. The second-order valence-corrected chi connectivity index (χ2v) is 11.7. The van der Waals surface area contributed by atoms with Gasteiger partial charge in [0.1, 0.15) is 18.9 Å². The maximum absolute atomic E-state index is 13.1. The average Bonchev–Trinajstić information content (AvgIpc) is 3.38. The number of hydrogen-bond acceptors (Lipinski definition) is 5. The Bertz CT molecular complexity index is 1670. The summed E-state index contributed by atoms with van der Waals surface area (Å²) < 4.78 is 9.03. The van der Waals surface area contributed by atoms with E-state index < -0.39 is 23.6 Å². The van der Waals surface area contributed by atoms with Crippen molar-refractivity contribution in [1.82, 2.24) is 9.47 Å². The van der Waals surface area contributed by atoms with Gasteiger partial charge in [-0.15, -0.1) is 0 Å². The van der Waals surface area contributed by atoms with E-state index in [0.29, 0.717) is 17.3 Å². The molecule has 10 heteroatoms. The van der Waals surface area contributed by atoms with Crippen LogP contribution in [0.15, 0.2) is 88.2 Å². The second-order valence-electron chi connectivity index (χ2n) is 9.37. The molecular weight excluding hydrogens is 626 g/mol. The van der Waals surface area contributed by atoms with Crippen molar-refractivity contribution in [1.29, 1.82) is 0 Å². The highest BCUT2D eigenvalue weighted by atomic mass is 79.9. The molecule has 0 radical (unpaired) electrons. The minimum absolute atomic E-state index is 0.262. The number of aryl methyl sites for hydroxylation is 1. The average molecular weight is 651 g/mol. The highest BCUT2D eigenvalue weighted by Crippen LogP contribution is 2.34. The van der Waals surface area contributed by atoms with Crippen molar-refractivity contribution in [2.45, 2.75) is 20.5 Å². The first-order valence-corrected chi connectivity index (χ1v) is 14.6. The minimum Gasteiger partial charge on any atom is -0.489 e. The zero-order valence-corrected chi connectivity index (χ0v) is 25.3. The molecular formula is C31H25BrClN3O4S. The van der Waals surface area contributed by atoms with Gasteiger partial charge in [-0.1, -0.05) is 51.8 Å². The third-order valence-electron chi connectivity index (χ3n) is 6.49. The van der Waals surface area contributed by atoms with Crippen LogP contribution in [0.1, 0.15) is 22.5 Å². The van der Waals surface area contributed by atoms with Crippen molar-refractivity contribution in [3.63, 3.8) is 0 Å². The lowest BCUT2D eigenvalue weighted by molar-refractivity contribution is -0.127. The number of carbonyl (C=O) groups excluding carboxylic acids is 3. The van der Waals surface area contributed by atoms with E-state index in [-0.39, 0.29) is 4.91 Å². The number of imide groups is 1. The lowest BCUT2D eigenvalue weighted by Crippen LogP contribution is -2.36. The zero-order valence-electron chi connectivity index (χ0n) is 22.2. The molecule has 0 saturated carbocycles. The van der Waals surface area contributed by atoms with Gasteiger partial charge in [-0.2, -0.15) is 0 Å². The van der Waals surface area contributed by atoms with Crippen LogP contribution >= 0.6 is 39.3 Å². The van der Waals surface area contributed by atoms with Crippen molar-refractivity contribution >= 4 is 68.1 Å². The fourth-order valence-electron chi connectivity index (χ4n) is 4.44. The predicted octanol–water partition coefficient (Wildman–Crippen LogP) is 7.76. The van der Waals surface area contributed by atoms with Crippen LogP contribution in [0.2, 0.25) is 5.02 Å². The Kier molecular flexibility index (Phi) is 8.68. The first-order valence-electron chi connectivity index (χ1n) is 12.7. The molecule has 5 rings (SSSR count). The lowest BCUT2D eigenvalue weighted by Gasteiger charge is -2.13. The number of halogens is 2. The predicted molar refractivity (Wildman–Crippen MR) is 166 cm³/mol. The van der Waals surface area contributed by atoms with Gasteiger partial charge in [0, 0.05) is 21.5 Å². The number of nitrogens with one attached hydrogen (secondary N) is 1. The lowest BCUT2D eigenvalue weighted by atomic mass is 10.2. The summed E-state index contributed by atoms with van der Waals surface area (Å²) in [5.74, 6) is -0.262. The summed E-state index contributed by atoms with van der Waals surface area (Å²) in [5, 5.41) is 2.51. The Morgan fingerprint density at radius 3 is 2.44 bits per heavy atom. The summed E-state index contributed by atoms with van der Waals surface area (Å²) in [6, 6.07) is 24.5. The molecule has 41 heavy (non-hydrogen) atoms. The van der Waals surface area contributed by atoms with Crippen molar-refractivity contribution in [3.05, 3.63) is 116 Å². The van der Waals surface area contributed by atoms with Crippen molar-refractivity contribution in [2.24, 2.45) is 0 Å². The maximum atomic E-state index is 13.1. The Labute approximate surface area is 255 Å². The molecule has 1 aliphatic rings. The Balaban J connectivity index is 1.27. The Morgan fingerprint density at radius 1 is 1.02 bits per heavy atom. The topological polar surface area (TPSA) is 80.6 Å². The van der Waals surface area contributed by atoms with E-state index >= 15 is 0 Å². The largest absolute Gasteiger partial charge is 0.489 e. The summed E-state index contributed by atoms with van der Waals surface area (Å²) in [5.41, 5.74) is 5.12. The van der Waals surface area contributed by atoms with Gasteiger partial charge in [-0.25, -0.2) is 0 Å². The summed E-state index contributed by atoms with van der Waals surface area (Å²) in [6.07, 6.45) is 1.70. The molecule has 2 heterocycles. The standard InChI is InChI=1S/C31H25BrClN3O4S/c1-19-15-22(16-28-30(38)35(31(39)41-28)17-29(37)34-27-6-4-3-5-26(27)33)20(2)36(19)24-11-13-25(14-12-24)40-18-21-7-9-23(32)10-8-21/h3-16H,17-18H2,1-2H3,(H,34,37)/b28-16+. The van der Waals surface area contributed by atoms with Crippen LogP contribution in [-0.4, -0.2) is 33.1 Å². The molecule has 0 bridgehead atoms. The van der Waals surface area contributed by atoms with Crippen LogP contribution in [0.5, 0.6) is 5.75 Å². The number of hydrogen-bond donors (Lipinski definition) is 1. The van der Waals surface area contributed by atoms with Crippen molar-refractivity contribution < 1.29 is 19.1 Å². The van der Waals surface area contributed by atoms with Crippen LogP contribution in [0.4, 0.5) is 10.5 Å². The molecule has 3 amide bonds. The Morgan fingerprint density at radius 2 is 1.73 bits per heavy atom. The van der Waals surface area contributed by atoms with Gasteiger partial charge in [0.2, 0.25) is 5.91 Å². The molecule has 1 aromatic heterocycles. The summed E-state index contributed by atoms with van der Waals surface area (Å²) >= 11 is 10.3. The molecule has 208 valence electrons. The van der Waals surface area contributed by atoms with E-state index in [1.54, 1.807) is 30.3 Å². The monoisotopic (exact) mass is 649 g/mol. The molecule has 1 saturated heterocycles. The number of aromatic nitrogens is 1. The van der Waals surface area contributed by atoms with Gasteiger partial charge in [0.25, 0.3) is 11.1 Å². The number of benzene rings is 3. The molecule has 0 aliphatic carbocycles. The Hall–Kier alpha value is -3.79. The zero-order chi connectivity index (χ0) is 29.1. The molecule has 1 N–H and O–H groups in total. The van der Waals surface area contributed by atoms with E-state index in [9.17, 15) is 14.4 Å². The number of carbonyl (C=O) groups is 3. The molecule has 1 aliphatic heterocycles. The highest BCUT2D eigenvalue weighted by Gasteiger charge is 2.36. The van der Waals surface area contributed by atoms with Crippen LogP contribution in [-0.2, 0) is 16.2 Å². The van der Waals surface area contributed by atoms with Crippen LogP contribution < -0.4 is 10.1 Å². The van der Waals surface area contributed by atoms with Gasteiger partial charge in [0.05, 0.1) is 15.6 Å². The molecule has 3 aromatic carbocycles. The van der Waals surface area contributed by atoms with E-state index in [1.807, 2.05) is 68.4 Å².